The first-order valence-corrected chi connectivity index (χ1v) is 10.7. The first kappa shape index (κ1) is 26.1. The largest absolute Gasteiger partial charge is 2.00 e. The molecule has 0 aromatic rings. The normalized spacial score (nSPS) is 11.4. The molecule has 0 aromatic carbocycles. The molecule has 0 aromatic heterocycles. The zero-order valence-electron chi connectivity index (χ0n) is 15.1. The van der Waals surface area contributed by atoms with E-state index in [0.29, 0.717) is 6.42 Å². The zero-order chi connectivity index (χ0) is 16.5. The van der Waals surface area contributed by atoms with Gasteiger partial charge in [-0.05, 0) is 6.42 Å². The van der Waals surface area contributed by atoms with Crippen LogP contribution < -0.4 is 9.79 Å². The fourth-order valence-corrected chi connectivity index (χ4v) is 3.00. The first-order valence-electron chi connectivity index (χ1n) is 9.23. The van der Waals surface area contributed by atoms with E-state index in [9.17, 15) is 14.4 Å². The van der Waals surface area contributed by atoms with E-state index in [1.54, 1.807) is 0 Å². The molecule has 0 rings (SSSR count). The molecule has 0 saturated heterocycles. The monoisotopic (exact) mass is 358 g/mol. The Bertz CT molecular complexity index is 271. The van der Waals surface area contributed by atoms with E-state index in [-0.39, 0.29) is 29.7 Å². The minimum Gasteiger partial charge on any atom is -0.790 e. The molecule has 23 heavy (non-hydrogen) atoms. The van der Waals surface area contributed by atoms with Gasteiger partial charge in [0.05, 0.1) is 14.4 Å². The van der Waals surface area contributed by atoms with E-state index in [2.05, 4.69) is 11.4 Å². The molecule has 0 radical (unpaired) electrons. The van der Waals surface area contributed by atoms with Gasteiger partial charge in [-0.3, -0.25) is 0 Å². The van der Waals surface area contributed by atoms with Crippen LogP contribution in [0.3, 0.4) is 0 Å². The van der Waals surface area contributed by atoms with Crippen LogP contribution in [0.4, 0.5) is 0 Å². The van der Waals surface area contributed by atoms with Gasteiger partial charge in [-0.25, -0.2) is 0 Å². The Kier molecular flexibility index (Phi) is 21.8. The number of rotatable bonds is 17. The quantitative estimate of drug-likeness (QED) is 0.220. The summed E-state index contributed by atoms with van der Waals surface area (Å²) in [5.74, 6) is 0. The summed E-state index contributed by atoms with van der Waals surface area (Å²) in [5.41, 5.74) is 0. The molecule has 134 valence electrons. The Balaban J connectivity index is 0. The Morgan fingerprint density at radius 1 is 0.652 bits per heavy atom. The molecule has 0 aliphatic heterocycles. The summed E-state index contributed by atoms with van der Waals surface area (Å²) in [6, 6.07) is 0. The van der Waals surface area contributed by atoms with Gasteiger partial charge in [-0.2, -0.15) is 0 Å². The molecule has 6 heteroatoms. The van der Waals surface area contributed by atoms with Crippen LogP contribution in [0.2, 0.25) is 0 Å². The maximum absolute atomic E-state index is 10.2. The van der Waals surface area contributed by atoms with Crippen LogP contribution in [0.5, 0.6) is 0 Å². The second-order valence-electron chi connectivity index (χ2n) is 6.23. The topological polar surface area (TPSA) is 72.4 Å². The summed E-state index contributed by atoms with van der Waals surface area (Å²) in [7, 11) is -4.75. The Morgan fingerprint density at radius 2 is 0.957 bits per heavy atom. The third kappa shape index (κ3) is 25.2. The van der Waals surface area contributed by atoms with Gasteiger partial charge in [0.25, 0.3) is 0 Å². The van der Waals surface area contributed by atoms with Crippen LogP contribution in [0.1, 0.15) is 103 Å². The van der Waals surface area contributed by atoms with Gasteiger partial charge in [0, 0.05) is 0 Å². The first-order chi connectivity index (χ1) is 10.6. The molecular formula is C17H35MgO4P. The number of phosphoric ester groups is 1. The molecule has 0 spiro atoms. The van der Waals surface area contributed by atoms with Gasteiger partial charge in [0.2, 0.25) is 0 Å². The van der Waals surface area contributed by atoms with Crippen LogP contribution in [0.15, 0.2) is 0 Å². The van der Waals surface area contributed by atoms with Crippen molar-refractivity contribution in [3.05, 3.63) is 0 Å². The van der Waals surface area contributed by atoms with E-state index < -0.39 is 7.82 Å². The second-order valence-corrected chi connectivity index (χ2v) is 7.38. The summed E-state index contributed by atoms with van der Waals surface area (Å²) in [5, 5.41) is 0. The molecule has 0 N–H and O–H groups in total. The van der Waals surface area contributed by atoms with Crippen molar-refractivity contribution in [3.8, 4) is 0 Å². The number of phosphoric acid groups is 1. The SMILES string of the molecule is CCCCCCCCCCCCCCCCCOP(=O)([O-])[O-].[Mg+2]. The standard InChI is InChI=1S/C17H37O4P.Mg/c1-2-3-4-5-6-7-8-9-10-11-12-13-14-15-16-17-21-22(18,19)20;/h2-17H2,1H3,(H2,18,19,20);/q;+2/p-2. The second kappa shape index (κ2) is 19.2. The van der Waals surface area contributed by atoms with Crippen molar-refractivity contribution in [2.75, 3.05) is 6.61 Å². The van der Waals surface area contributed by atoms with Crippen molar-refractivity contribution in [1.82, 2.24) is 0 Å². The van der Waals surface area contributed by atoms with Crippen molar-refractivity contribution < 1.29 is 18.9 Å². The van der Waals surface area contributed by atoms with Crippen LogP contribution in [0, 0.1) is 0 Å². The fourth-order valence-electron chi connectivity index (χ4n) is 2.65. The molecule has 0 aliphatic rings. The predicted molar refractivity (Wildman–Crippen MR) is 94.2 cm³/mol. The third-order valence-electron chi connectivity index (χ3n) is 4.00. The third-order valence-corrected chi connectivity index (χ3v) is 4.50. The minimum absolute atomic E-state index is 0. The molecule has 0 atom stereocenters. The van der Waals surface area contributed by atoms with Crippen molar-refractivity contribution in [2.45, 2.75) is 103 Å². The van der Waals surface area contributed by atoms with Gasteiger partial charge < -0.3 is 18.9 Å². The maximum atomic E-state index is 10.2. The summed E-state index contributed by atoms with van der Waals surface area (Å²) < 4.78 is 14.4. The number of hydrogen-bond donors (Lipinski definition) is 0. The van der Waals surface area contributed by atoms with Crippen molar-refractivity contribution in [3.63, 3.8) is 0 Å². The Morgan fingerprint density at radius 3 is 1.26 bits per heavy atom. The number of unbranched alkanes of at least 4 members (excludes halogenated alkanes) is 14. The predicted octanol–water partition coefficient (Wildman–Crippen LogP) is 4.32. The fraction of sp³-hybridized carbons (Fsp3) is 1.00. The molecule has 0 unspecified atom stereocenters. The number of hydrogen-bond acceptors (Lipinski definition) is 4. The van der Waals surface area contributed by atoms with Crippen LogP contribution >= 0.6 is 7.82 Å². The molecule has 0 aliphatic carbocycles. The van der Waals surface area contributed by atoms with Crippen LogP contribution in [-0.4, -0.2) is 29.7 Å². The van der Waals surface area contributed by atoms with Crippen molar-refractivity contribution in [1.29, 1.82) is 0 Å². The maximum Gasteiger partial charge on any atom is 2.00 e. The Labute approximate surface area is 159 Å². The molecule has 0 amide bonds. The van der Waals surface area contributed by atoms with Crippen LogP contribution in [0.25, 0.3) is 0 Å². The molecule has 0 bridgehead atoms. The summed E-state index contributed by atoms with van der Waals surface area (Å²) in [6.45, 7) is 2.30. The average molecular weight is 359 g/mol. The Hall–Kier alpha value is 0.876. The van der Waals surface area contributed by atoms with E-state index >= 15 is 0 Å². The summed E-state index contributed by atoms with van der Waals surface area (Å²) in [6.07, 6.45) is 18.9. The van der Waals surface area contributed by atoms with E-state index in [4.69, 9.17) is 0 Å². The molecule has 0 fully saturated rings. The summed E-state index contributed by atoms with van der Waals surface area (Å²) in [4.78, 5) is 20.5. The van der Waals surface area contributed by atoms with Crippen LogP contribution in [-0.2, 0) is 9.09 Å². The molecule has 0 heterocycles. The molecular weight excluding hydrogens is 323 g/mol. The molecule has 4 nitrogen and oxygen atoms in total. The van der Waals surface area contributed by atoms with Gasteiger partial charge in [0.15, 0.2) is 0 Å². The summed E-state index contributed by atoms with van der Waals surface area (Å²) >= 11 is 0. The van der Waals surface area contributed by atoms with E-state index in [1.807, 2.05) is 0 Å². The van der Waals surface area contributed by atoms with Gasteiger partial charge in [-0.1, -0.05) is 96.8 Å². The zero-order valence-corrected chi connectivity index (χ0v) is 17.4. The molecule has 0 saturated carbocycles. The van der Waals surface area contributed by atoms with E-state index in [0.717, 1.165) is 12.8 Å². The van der Waals surface area contributed by atoms with E-state index in [1.165, 1.54) is 77.0 Å². The minimum atomic E-state index is -4.75. The van der Waals surface area contributed by atoms with Crippen molar-refractivity contribution >= 4 is 30.9 Å². The average Bonchev–Trinajstić information content (AvgIpc) is 2.45. The van der Waals surface area contributed by atoms with Gasteiger partial charge in [0.1, 0.15) is 0 Å². The van der Waals surface area contributed by atoms with Gasteiger partial charge in [-0.15, -0.1) is 0 Å². The smallest absolute Gasteiger partial charge is 0.790 e. The van der Waals surface area contributed by atoms with Gasteiger partial charge >= 0.3 is 23.1 Å². The van der Waals surface area contributed by atoms with Crippen molar-refractivity contribution in [2.24, 2.45) is 0 Å².